The third-order valence-corrected chi connectivity index (χ3v) is 3.59. The molecule has 1 amide bonds. The number of nitrogens with zero attached hydrogens (tertiary/aromatic N) is 3. The predicted octanol–water partition coefficient (Wildman–Crippen LogP) is 2.34. The van der Waals surface area contributed by atoms with Gasteiger partial charge in [-0.1, -0.05) is 43.7 Å². The van der Waals surface area contributed by atoms with E-state index in [9.17, 15) is 4.79 Å². The van der Waals surface area contributed by atoms with E-state index >= 15 is 0 Å². The largest absolute Gasteiger partial charge is 0.369 e. The SMILES string of the molecule is CCCCOC(C)C(=O)NC(Cn1cncn1)c1ccccc1. The minimum atomic E-state index is -0.469. The number of benzene rings is 1. The summed E-state index contributed by atoms with van der Waals surface area (Å²) in [5.41, 5.74) is 1.03. The van der Waals surface area contributed by atoms with Crippen molar-refractivity contribution >= 4 is 5.91 Å². The van der Waals surface area contributed by atoms with Crippen LogP contribution in [0.15, 0.2) is 43.0 Å². The number of unbranched alkanes of at least 4 members (excludes halogenated alkanes) is 1. The standard InChI is InChI=1S/C17H24N4O2/c1-3-4-10-23-14(2)17(22)20-16(11-21-13-18-12-19-21)15-8-6-5-7-9-15/h5-9,12-14,16H,3-4,10-11H2,1-2H3,(H,20,22). The Morgan fingerprint density at radius 1 is 1.35 bits per heavy atom. The number of aromatic nitrogens is 3. The monoisotopic (exact) mass is 316 g/mol. The highest BCUT2D eigenvalue weighted by Gasteiger charge is 2.20. The van der Waals surface area contributed by atoms with E-state index < -0.39 is 6.10 Å². The molecule has 6 heteroatoms. The lowest BCUT2D eigenvalue weighted by atomic mass is 10.1. The highest BCUT2D eigenvalue weighted by Crippen LogP contribution is 2.15. The number of amides is 1. The van der Waals surface area contributed by atoms with Gasteiger partial charge in [-0.05, 0) is 18.9 Å². The van der Waals surface area contributed by atoms with Crippen molar-refractivity contribution in [2.24, 2.45) is 0 Å². The first-order chi connectivity index (χ1) is 11.2. The summed E-state index contributed by atoms with van der Waals surface area (Å²) < 4.78 is 7.28. The first-order valence-electron chi connectivity index (χ1n) is 8.00. The molecular formula is C17H24N4O2. The summed E-state index contributed by atoms with van der Waals surface area (Å²) in [4.78, 5) is 16.3. The maximum absolute atomic E-state index is 12.4. The van der Waals surface area contributed by atoms with E-state index in [-0.39, 0.29) is 11.9 Å². The predicted molar refractivity (Wildman–Crippen MR) is 87.7 cm³/mol. The Labute approximate surface area is 136 Å². The molecule has 0 saturated carbocycles. The molecule has 0 aliphatic heterocycles. The van der Waals surface area contributed by atoms with Gasteiger partial charge in [0.05, 0.1) is 12.6 Å². The van der Waals surface area contributed by atoms with Gasteiger partial charge in [-0.2, -0.15) is 5.10 Å². The Balaban J connectivity index is 2.01. The van der Waals surface area contributed by atoms with Gasteiger partial charge in [-0.15, -0.1) is 0 Å². The van der Waals surface area contributed by atoms with E-state index in [0.29, 0.717) is 13.2 Å². The topological polar surface area (TPSA) is 69.0 Å². The Kier molecular flexibility index (Phi) is 6.75. The Morgan fingerprint density at radius 3 is 2.78 bits per heavy atom. The molecule has 0 fully saturated rings. The second-order valence-corrected chi connectivity index (χ2v) is 5.46. The van der Waals surface area contributed by atoms with Crippen LogP contribution in [0.2, 0.25) is 0 Å². The molecule has 0 radical (unpaired) electrons. The van der Waals surface area contributed by atoms with Crippen molar-refractivity contribution in [1.29, 1.82) is 0 Å². The summed E-state index contributed by atoms with van der Waals surface area (Å²) in [5.74, 6) is -0.116. The van der Waals surface area contributed by atoms with E-state index in [0.717, 1.165) is 18.4 Å². The molecule has 0 bridgehead atoms. The van der Waals surface area contributed by atoms with Gasteiger partial charge in [0.15, 0.2) is 0 Å². The molecule has 0 saturated heterocycles. The third-order valence-electron chi connectivity index (χ3n) is 3.59. The van der Waals surface area contributed by atoms with Crippen molar-refractivity contribution in [1.82, 2.24) is 20.1 Å². The zero-order valence-corrected chi connectivity index (χ0v) is 13.7. The van der Waals surface area contributed by atoms with Crippen LogP contribution < -0.4 is 5.32 Å². The van der Waals surface area contributed by atoms with Crippen molar-refractivity contribution in [2.45, 2.75) is 45.4 Å². The van der Waals surface area contributed by atoms with Crippen LogP contribution in [0.4, 0.5) is 0 Å². The van der Waals surface area contributed by atoms with Crippen molar-refractivity contribution < 1.29 is 9.53 Å². The van der Waals surface area contributed by atoms with Crippen LogP contribution in [-0.2, 0) is 16.1 Å². The summed E-state index contributed by atoms with van der Waals surface area (Å²) in [7, 11) is 0. The van der Waals surface area contributed by atoms with Crippen molar-refractivity contribution in [3.8, 4) is 0 Å². The number of ether oxygens (including phenoxy) is 1. The molecule has 0 aliphatic rings. The minimum absolute atomic E-state index is 0.116. The van der Waals surface area contributed by atoms with Crippen LogP contribution >= 0.6 is 0 Å². The smallest absolute Gasteiger partial charge is 0.249 e. The average Bonchev–Trinajstić information content (AvgIpc) is 3.08. The van der Waals surface area contributed by atoms with E-state index in [1.165, 1.54) is 6.33 Å². The van der Waals surface area contributed by atoms with Gasteiger partial charge in [0.25, 0.3) is 0 Å². The summed E-state index contributed by atoms with van der Waals surface area (Å²) in [6.45, 7) is 5.00. The Hall–Kier alpha value is -2.21. The van der Waals surface area contributed by atoms with E-state index in [4.69, 9.17) is 4.74 Å². The molecule has 0 spiro atoms. The molecule has 2 aromatic rings. The number of carbonyl (C=O) groups excluding carboxylic acids is 1. The summed E-state index contributed by atoms with van der Waals surface area (Å²) in [5, 5.41) is 7.16. The molecule has 1 aromatic carbocycles. The van der Waals surface area contributed by atoms with Crippen LogP contribution in [0.3, 0.4) is 0 Å². The highest BCUT2D eigenvalue weighted by atomic mass is 16.5. The Bertz CT molecular complexity index is 572. The lowest BCUT2D eigenvalue weighted by Gasteiger charge is -2.21. The molecule has 23 heavy (non-hydrogen) atoms. The van der Waals surface area contributed by atoms with Crippen LogP contribution in [0.25, 0.3) is 0 Å². The number of hydrogen-bond donors (Lipinski definition) is 1. The first kappa shape index (κ1) is 17.1. The number of carbonyl (C=O) groups is 1. The van der Waals surface area contributed by atoms with Gasteiger partial charge in [0.2, 0.25) is 5.91 Å². The molecule has 2 unspecified atom stereocenters. The minimum Gasteiger partial charge on any atom is -0.369 e. The molecule has 124 valence electrons. The Morgan fingerprint density at radius 2 is 2.13 bits per heavy atom. The fourth-order valence-electron chi connectivity index (χ4n) is 2.20. The molecule has 1 aromatic heterocycles. The summed E-state index contributed by atoms with van der Waals surface area (Å²) in [6.07, 6.45) is 4.67. The highest BCUT2D eigenvalue weighted by molar-refractivity contribution is 5.80. The molecule has 6 nitrogen and oxygen atoms in total. The van der Waals surface area contributed by atoms with Crippen LogP contribution in [0.1, 0.15) is 38.3 Å². The fourth-order valence-corrected chi connectivity index (χ4v) is 2.20. The van der Waals surface area contributed by atoms with Gasteiger partial charge < -0.3 is 10.1 Å². The van der Waals surface area contributed by atoms with E-state index in [2.05, 4.69) is 22.3 Å². The molecule has 2 rings (SSSR count). The zero-order valence-electron chi connectivity index (χ0n) is 13.7. The number of nitrogens with one attached hydrogen (secondary N) is 1. The van der Waals surface area contributed by atoms with Crippen LogP contribution in [0.5, 0.6) is 0 Å². The van der Waals surface area contributed by atoms with E-state index in [1.54, 1.807) is 17.9 Å². The van der Waals surface area contributed by atoms with Crippen LogP contribution in [-0.4, -0.2) is 33.4 Å². The van der Waals surface area contributed by atoms with Crippen molar-refractivity contribution in [2.75, 3.05) is 6.61 Å². The van der Waals surface area contributed by atoms with Gasteiger partial charge in [-0.25, -0.2) is 4.98 Å². The molecule has 0 aliphatic carbocycles. The maximum atomic E-state index is 12.4. The van der Waals surface area contributed by atoms with E-state index in [1.807, 2.05) is 30.3 Å². The quantitative estimate of drug-likeness (QED) is 0.721. The van der Waals surface area contributed by atoms with Gasteiger partial charge in [-0.3, -0.25) is 9.48 Å². The van der Waals surface area contributed by atoms with Crippen molar-refractivity contribution in [3.63, 3.8) is 0 Å². The second kappa shape index (κ2) is 9.05. The molecule has 1 N–H and O–H groups in total. The summed E-state index contributed by atoms with van der Waals surface area (Å²) >= 11 is 0. The molecule has 2 atom stereocenters. The van der Waals surface area contributed by atoms with Gasteiger partial charge in [0, 0.05) is 6.61 Å². The zero-order chi connectivity index (χ0) is 16.5. The van der Waals surface area contributed by atoms with Crippen LogP contribution in [0, 0.1) is 0 Å². The fraction of sp³-hybridized carbons (Fsp3) is 0.471. The average molecular weight is 316 g/mol. The van der Waals surface area contributed by atoms with Gasteiger partial charge in [0.1, 0.15) is 18.8 Å². The van der Waals surface area contributed by atoms with Crippen molar-refractivity contribution in [3.05, 3.63) is 48.5 Å². The lowest BCUT2D eigenvalue weighted by molar-refractivity contribution is -0.132. The van der Waals surface area contributed by atoms with Gasteiger partial charge >= 0.3 is 0 Å². The number of hydrogen-bond acceptors (Lipinski definition) is 4. The third kappa shape index (κ3) is 5.49. The molecular weight excluding hydrogens is 292 g/mol. The normalized spacial score (nSPS) is 13.5. The second-order valence-electron chi connectivity index (χ2n) is 5.46. The first-order valence-corrected chi connectivity index (χ1v) is 8.00. The lowest BCUT2D eigenvalue weighted by Crippen LogP contribution is -2.39. The number of rotatable bonds is 9. The molecule has 1 heterocycles. The maximum Gasteiger partial charge on any atom is 0.249 e. The summed E-state index contributed by atoms with van der Waals surface area (Å²) in [6, 6.07) is 9.67.